The van der Waals surface area contributed by atoms with Gasteiger partial charge in [0.05, 0.1) is 11.0 Å². The topological polar surface area (TPSA) is 78.2 Å². The Labute approximate surface area is 118 Å². The quantitative estimate of drug-likeness (QED) is 0.465. The van der Waals surface area contributed by atoms with E-state index in [9.17, 15) is 10.1 Å². The van der Waals surface area contributed by atoms with Crippen molar-refractivity contribution in [1.29, 1.82) is 0 Å². The predicted molar refractivity (Wildman–Crippen MR) is 70.6 cm³/mol. The van der Waals surface area contributed by atoms with Gasteiger partial charge in [0.25, 0.3) is 5.69 Å². The molecule has 8 heteroatoms. The highest BCUT2D eigenvalue weighted by Crippen LogP contribution is 2.29. The number of nitro benzene ring substituents is 1. The van der Waals surface area contributed by atoms with Crippen LogP contribution >= 0.6 is 31.9 Å². The van der Waals surface area contributed by atoms with Gasteiger partial charge in [-0.3, -0.25) is 10.1 Å². The molecule has 1 aromatic heterocycles. The fourth-order valence-corrected chi connectivity index (χ4v) is 1.95. The Hall–Kier alpha value is -1.54. The van der Waals surface area contributed by atoms with Crippen LogP contribution in [0.2, 0.25) is 0 Å². The first-order chi connectivity index (χ1) is 8.54. The molecule has 1 heterocycles. The Morgan fingerprint density at radius 3 is 2.61 bits per heavy atom. The van der Waals surface area contributed by atoms with E-state index in [4.69, 9.17) is 4.74 Å². The molecule has 18 heavy (non-hydrogen) atoms. The van der Waals surface area contributed by atoms with Crippen LogP contribution in [0.25, 0.3) is 0 Å². The van der Waals surface area contributed by atoms with Gasteiger partial charge in [0, 0.05) is 16.6 Å². The average molecular weight is 375 g/mol. The normalized spacial score (nSPS) is 10.1. The fourth-order valence-electron chi connectivity index (χ4n) is 1.21. The minimum atomic E-state index is -0.493. The van der Waals surface area contributed by atoms with E-state index in [0.29, 0.717) is 20.7 Å². The second-order valence-electron chi connectivity index (χ2n) is 3.18. The maximum Gasteiger partial charge on any atom is 0.274 e. The molecule has 92 valence electrons. The molecule has 0 saturated carbocycles. The molecule has 0 aliphatic carbocycles. The zero-order valence-corrected chi connectivity index (χ0v) is 11.9. The SMILES string of the molecule is O=[N+]([O-])c1cc(Br)cc(Oc2cc(Br)ncn2)c1. The highest BCUT2D eigenvalue weighted by atomic mass is 79.9. The van der Waals surface area contributed by atoms with Crippen LogP contribution in [0.5, 0.6) is 11.6 Å². The number of nitro groups is 1. The summed E-state index contributed by atoms with van der Waals surface area (Å²) < 4.78 is 6.54. The third kappa shape index (κ3) is 3.23. The molecule has 0 saturated heterocycles. The number of nitrogens with zero attached hydrogens (tertiary/aromatic N) is 3. The van der Waals surface area contributed by atoms with Crippen molar-refractivity contribution in [3.8, 4) is 11.6 Å². The van der Waals surface area contributed by atoms with Crippen molar-refractivity contribution in [2.45, 2.75) is 0 Å². The largest absolute Gasteiger partial charge is 0.439 e. The Morgan fingerprint density at radius 2 is 1.94 bits per heavy atom. The number of hydrogen-bond acceptors (Lipinski definition) is 5. The number of halogens is 2. The van der Waals surface area contributed by atoms with Crippen LogP contribution in [-0.2, 0) is 0 Å². The van der Waals surface area contributed by atoms with Gasteiger partial charge in [0.15, 0.2) is 0 Å². The van der Waals surface area contributed by atoms with Crippen LogP contribution in [-0.4, -0.2) is 14.9 Å². The van der Waals surface area contributed by atoms with E-state index in [1.54, 1.807) is 12.1 Å². The first kappa shape index (κ1) is 12.9. The molecule has 0 unspecified atom stereocenters. The van der Waals surface area contributed by atoms with Crippen LogP contribution in [0.1, 0.15) is 0 Å². The summed E-state index contributed by atoms with van der Waals surface area (Å²) in [6, 6.07) is 5.89. The van der Waals surface area contributed by atoms with E-state index in [-0.39, 0.29) is 5.69 Å². The average Bonchev–Trinajstić information content (AvgIpc) is 2.28. The Bertz CT molecular complexity index is 607. The summed E-state index contributed by atoms with van der Waals surface area (Å²) >= 11 is 6.36. The van der Waals surface area contributed by atoms with E-state index in [0.717, 1.165) is 0 Å². The molecule has 2 aromatic rings. The minimum Gasteiger partial charge on any atom is -0.439 e. The van der Waals surface area contributed by atoms with Crippen molar-refractivity contribution in [3.63, 3.8) is 0 Å². The van der Waals surface area contributed by atoms with Crippen molar-refractivity contribution >= 4 is 37.5 Å². The van der Waals surface area contributed by atoms with Crippen molar-refractivity contribution in [1.82, 2.24) is 9.97 Å². The van der Waals surface area contributed by atoms with Crippen molar-refractivity contribution in [2.24, 2.45) is 0 Å². The first-order valence-electron chi connectivity index (χ1n) is 4.65. The maximum atomic E-state index is 10.7. The monoisotopic (exact) mass is 373 g/mol. The molecule has 0 bridgehead atoms. The van der Waals surface area contributed by atoms with Gasteiger partial charge in [-0.15, -0.1) is 0 Å². The summed E-state index contributed by atoms with van der Waals surface area (Å²) in [5, 5.41) is 10.7. The fraction of sp³-hybridized carbons (Fsp3) is 0. The molecule has 1 aromatic carbocycles. The summed E-state index contributed by atoms with van der Waals surface area (Å²) in [5.41, 5.74) is -0.0625. The second kappa shape index (κ2) is 5.40. The van der Waals surface area contributed by atoms with E-state index in [1.807, 2.05) is 0 Å². The van der Waals surface area contributed by atoms with E-state index < -0.39 is 4.92 Å². The number of rotatable bonds is 3. The van der Waals surface area contributed by atoms with E-state index >= 15 is 0 Å². The van der Waals surface area contributed by atoms with Gasteiger partial charge in [-0.25, -0.2) is 9.97 Å². The molecule has 0 fully saturated rings. The number of ether oxygens (including phenoxy) is 1. The van der Waals surface area contributed by atoms with Gasteiger partial charge in [-0.2, -0.15) is 0 Å². The van der Waals surface area contributed by atoms with E-state index in [2.05, 4.69) is 41.8 Å². The lowest BCUT2D eigenvalue weighted by atomic mass is 10.3. The Kier molecular flexibility index (Phi) is 3.87. The third-order valence-electron chi connectivity index (χ3n) is 1.90. The highest BCUT2D eigenvalue weighted by molar-refractivity contribution is 9.10. The number of benzene rings is 1. The molecular weight excluding hydrogens is 370 g/mol. The standard InChI is InChI=1S/C10H5Br2N3O3/c11-6-1-7(15(16)17)3-8(2-6)18-10-4-9(12)13-5-14-10/h1-5H. The van der Waals surface area contributed by atoms with Gasteiger partial charge in [-0.05, 0) is 22.0 Å². The molecular formula is C10H5Br2N3O3. The van der Waals surface area contributed by atoms with Crippen LogP contribution in [0, 0.1) is 10.1 Å². The molecule has 0 atom stereocenters. The second-order valence-corrected chi connectivity index (χ2v) is 4.91. The Morgan fingerprint density at radius 1 is 1.17 bits per heavy atom. The molecule has 0 aliphatic rings. The first-order valence-corrected chi connectivity index (χ1v) is 6.23. The van der Waals surface area contributed by atoms with Crippen LogP contribution < -0.4 is 4.74 Å². The van der Waals surface area contributed by atoms with Crippen LogP contribution in [0.3, 0.4) is 0 Å². The lowest BCUT2D eigenvalue weighted by molar-refractivity contribution is -0.385. The smallest absolute Gasteiger partial charge is 0.274 e. The Balaban J connectivity index is 2.31. The van der Waals surface area contributed by atoms with Crippen molar-refractivity contribution < 1.29 is 9.66 Å². The lowest BCUT2D eigenvalue weighted by Crippen LogP contribution is -1.92. The summed E-state index contributed by atoms with van der Waals surface area (Å²) in [7, 11) is 0. The van der Waals surface area contributed by atoms with Gasteiger partial charge < -0.3 is 4.74 Å². The highest BCUT2D eigenvalue weighted by Gasteiger charge is 2.10. The van der Waals surface area contributed by atoms with Gasteiger partial charge in [0.2, 0.25) is 5.88 Å². The van der Waals surface area contributed by atoms with Crippen LogP contribution in [0.15, 0.2) is 39.7 Å². The molecule has 0 spiro atoms. The number of non-ortho nitro benzene ring substituents is 1. The predicted octanol–water partition coefficient (Wildman–Crippen LogP) is 3.70. The van der Waals surface area contributed by atoms with Crippen LogP contribution in [0.4, 0.5) is 5.69 Å². The van der Waals surface area contributed by atoms with Gasteiger partial charge >= 0.3 is 0 Å². The maximum absolute atomic E-state index is 10.7. The van der Waals surface area contributed by atoms with Gasteiger partial charge in [0.1, 0.15) is 16.7 Å². The zero-order valence-electron chi connectivity index (χ0n) is 8.71. The van der Waals surface area contributed by atoms with E-state index in [1.165, 1.54) is 18.5 Å². The summed E-state index contributed by atoms with van der Waals surface area (Å²) in [5.74, 6) is 0.617. The zero-order chi connectivity index (χ0) is 13.1. The molecule has 0 N–H and O–H groups in total. The molecule has 6 nitrogen and oxygen atoms in total. The summed E-state index contributed by atoms with van der Waals surface area (Å²) in [4.78, 5) is 18.0. The van der Waals surface area contributed by atoms with Crippen molar-refractivity contribution in [3.05, 3.63) is 49.8 Å². The summed E-state index contributed by atoms with van der Waals surface area (Å²) in [6.07, 6.45) is 1.33. The molecule has 0 radical (unpaired) electrons. The lowest BCUT2D eigenvalue weighted by Gasteiger charge is -2.04. The minimum absolute atomic E-state index is 0.0625. The number of aromatic nitrogens is 2. The molecule has 0 amide bonds. The molecule has 2 rings (SSSR count). The third-order valence-corrected chi connectivity index (χ3v) is 2.79. The summed E-state index contributed by atoms with van der Waals surface area (Å²) in [6.45, 7) is 0. The molecule has 0 aliphatic heterocycles. The van der Waals surface area contributed by atoms with Crippen molar-refractivity contribution in [2.75, 3.05) is 0 Å². The van der Waals surface area contributed by atoms with Gasteiger partial charge in [-0.1, -0.05) is 15.9 Å². The number of hydrogen-bond donors (Lipinski definition) is 0.